The van der Waals surface area contributed by atoms with Gasteiger partial charge in [0.1, 0.15) is 5.54 Å². The highest BCUT2D eigenvalue weighted by Gasteiger charge is 2.44. The van der Waals surface area contributed by atoms with E-state index in [2.05, 4.69) is 31.3 Å². The van der Waals surface area contributed by atoms with Gasteiger partial charge in [0.25, 0.3) is 5.91 Å². The van der Waals surface area contributed by atoms with Crippen LogP contribution >= 0.6 is 0 Å². The SMILES string of the molecule is CCC1(CC)NC(c2ccc(OC)c(OC)c2)=CN(C2CCN(C(=O)CCc3ccccc3)CC2)C1=O. The van der Waals surface area contributed by atoms with E-state index in [0.717, 1.165) is 30.5 Å². The number of nitrogens with one attached hydrogen (secondary N) is 1. The molecular formula is C30H39N3O4. The van der Waals surface area contributed by atoms with E-state index < -0.39 is 5.54 Å². The van der Waals surface area contributed by atoms with Crippen LogP contribution in [-0.2, 0) is 16.0 Å². The molecule has 0 aromatic heterocycles. The topological polar surface area (TPSA) is 71.1 Å². The average molecular weight is 506 g/mol. The summed E-state index contributed by atoms with van der Waals surface area (Å²) in [5.74, 6) is 1.60. The number of ether oxygens (including phenoxy) is 2. The predicted octanol–water partition coefficient (Wildman–Crippen LogP) is 4.62. The Morgan fingerprint density at radius 2 is 1.68 bits per heavy atom. The van der Waals surface area contributed by atoms with Crippen molar-refractivity contribution in [2.24, 2.45) is 0 Å². The Balaban J connectivity index is 1.50. The Morgan fingerprint density at radius 1 is 1.00 bits per heavy atom. The summed E-state index contributed by atoms with van der Waals surface area (Å²) in [7, 11) is 3.24. The van der Waals surface area contributed by atoms with Crippen molar-refractivity contribution in [1.82, 2.24) is 15.1 Å². The Labute approximate surface area is 220 Å². The molecule has 2 aromatic carbocycles. The molecular weight excluding hydrogens is 466 g/mol. The van der Waals surface area contributed by atoms with Crippen molar-refractivity contribution in [2.45, 2.75) is 64.0 Å². The Kier molecular flexibility index (Phi) is 8.41. The molecule has 2 amide bonds. The summed E-state index contributed by atoms with van der Waals surface area (Å²) < 4.78 is 10.9. The maximum absolute atomic E-state index is 13.8. The van der Waals surface area contributed by atoms with Gasteiger partial charge in [0.2, 0.25) is 5.91 Å². The normalized spacial score (nSPS) is 17.7. The lowest BCUT2D eigenvalue weighted by molar-refractivity contribution is -0.140. The summed E-state index contributed by atoms with van der Waals surface area (Å²) in [5.41, 5.74) is 2.35. The highest BCUT2D eigenvalue weighted by molar-refractivity contribution is 5.93. The largest absolute Gasteiger partial charge is 0.493 e. The van der Waals surface area contributed by atoms with Gasteiger partial charge in [-0.1, -0.05) is 44.2 Å². The molecule has 2 aliphatic heterocycles. The van der Waals surface area contributed by atoms with Gasteiger partial charge in [-0.3, -0.25) is 9.59 Å². The Morgan fingerprint density at radius 3 is 2.30 bits per heavy atom. The van der Waals surface area contributed by atoms with Crippen molar-refractivity contribution in [2.75, 3.05) is 27.3 Å². The fraction of sp³-hybridized carbons (Fsp3) is 0.467. The number of piperidine rings is 1. The van der Waals surface area contributed by atoms with E-state index >= 15 is 0 Å². The smallest absolute Gasteiger partial charge is 0.252 e. The van der Waals surface area contributed by atoms with Crippen LogP contribution in [-0.4, -0.2) is 60.5 Å². The van der Waals surface area contributed by atoms with Crippen molar-refractivity contribution in [1.29, 1.82) is 0 Å². The van der Waals surface area contributed by atoms with Crippen LogP contribution in [0.3, 0.4) is 0 Å². The summed E-state index contributed by atoms with van der Waals surface area (Å²) in [5, 5.41) is 3.56. The van der Waals surface area contributed by atoms with Gasteiger partial charge in [0, 0.05) is 37.3 Å². The molecule has 1 saturated heterocycles. The highest BCUT2D eigenvalue weighted by atomic mass is 16.5. The average Bonchev–Trinajstić information content (AvgIpc) is 2.96. The van der Waals surface area contributed by atoms with Crippen LogP contribution in [0.2, 0.25) is 0 Å². The van der Waals surface area contributed by atoms with Crippen molar-refractivity contribution < 1.29 is 19.1 Å². The molecule has 1 fully saturated rings. The number of hydrogen-bond acceptors (Lipinski definition) is 5. The minimum absolute atomic E-state index is 0.0559. The Hall–Kier alpha value is -3.48. The molecule has 7 heteroatoms. The minimum atomic E-state index is -0.667. The van der Waals surface area contributed by atoms with Crippen LogP contribution in [0.1, 0.15) is 57.1 Å². The lowest BCUT2D eigenvalue weighted by atomic mass is 9.86. The van der Waals surface area contributed by atoms with Crippen molar-refractivity contribution in [3.8, 4) is 11.5 Å². The van der Waals surface area contributed by atoms with Crippen LogP contribution in [0.25, 0.3) is 5.70 Å². The molecule has 37 heavy (non-hydrogen) atoms. The number of aryl methyl sites for hydroxylation is 1. The number of amides is 2. The first kappa shape index (κ1) is 26.6. The lowest BCUT2D eigenvalue weighted by Crippen LogP contribution is -2.61. The molecule has 2 heterocycles. The zero-order valence-corrected chi connectivity index (χ0v) is 22.5. The van der Waals surface area contributed by atoms with Crippen LogP contribution in [0.4, 0.5) is 0 Å². The van der Waals surface area contributed by atoms with E-state index in [1.54, 1.807) is 14.2 Å². The van der Waals surface area contributed by atoms with Crippen LogP contribution in [0, 0.1) is 0 Å². The first-order valence-corrected chi connectivity index (χ1v) is 13.3. The molecule has 2 aliphatic rings. The number of hydrogen-bond donors (Lipinski definition) is 1. The highest BCUT2D eigenvalue weighted by Crippen LogP contribution is 2.35. The molecule has 198 valence electrons. The monoisotopic (exact) mass is 505 g/mol. The predicted molar refractivity (Wildman–Crippen MR) is 145 cm³/mol. The number of nitrogens with zero attached hydrogens (tertiary/aromatic N) is 2. The number of likely N-dealkylation sites (tertiary alicyclic amines) is 1. The molecule has 2 aromatic rings. The number of carbonyl (C=O) groups excluding carboxylic acids is 2. The molecule has 0 radical (unpaired) electrons. The van der Waals surface area contributed by atoms with E-state index in [-0.39, 0.29) is 17.9 Å². The van der Waals surface area contributed by atoms with Gasteiger partial charge >= 0.3 is 0 Å². The zero-order chi connectivity index (χ0) is 26.4. The Bertz CT molecular complexity index is 1120. The lowest BCUT2D eigenvalue weighted by Gasteiger charge is -2.46. The van der Waals surface area contributed by atoms with Gasteiger partial charge in [-0.2, -0.15) is 0 Å². The number of rotatable bonds is 9. The second kappa shape index (κ2) is 11.7. The third kappa shape index (κ3) is 5.60. The van der Waals surface area contributed by atoms with Gasteiger partial charge in [0.15, 0.2) is 11.5 Å². The first-order chi connectivity index (χ1) is 17.9. The fourth-order valence-electron chi connectivity index (χ4n) is 5.39. The molecule has 0 atom stereocenters. The quantitative estimate of drug-likeness (QED) is 0.539. The van der Waals surface area contributed by atoms with E-state index in [1.807, 2.05) is 52.4 Å². The number of methoxy groups -OCH3 is 2. The summed E-state index contributed by atoms with van der Waals surface area (Å²) in [6.07, 6.45) is 6.11. The van der Waals surface area contributed by atoms with E-state index in [0.29, 0.717) is 43.9 Å². The van der Waals surface area contributed by atoms with Gasteiger partial charge < -0.3 is 24.6 Å². The van der Waals surface area contributed by atoms with Crippen LogP contribution in [0.5, 0.6) is 11.5 Å². The maximum atomic E-state index is 13.8. The summed E-state index contributed by atoms with van der Waals surface area (Å²) in [4.78, 5) is 30.5. The second-order valence-corrected chi connectivity index (χ2v) is 9.84. The molecule has 0 saturated carbocycles. The summed E-state index contributed by atoms with van der Waals surface area (Å²) in [6.45, 7) is 5.44. The first-order valence-electron chi connectivity index (χ1n) is 13.3. The standard InChI is InChI=1S/C30H39N3O4/c1-5-30(6-2)29(35)33(21-25(31-30)23-13-14-26(36-3)27(20-23)37-4)24-16-18-32(19-17-24)28(34)15-12-22-10-8-7-9-11-22/h7-11,13-14,20-21,24,31H,5-6,12,15-19H2,1-4H3. The van der Waals surface area contributed by atoms with E-state index in [9.17, 15) is 9.59 Å². The number of benzene rings is 2. The number of carbonyl (C=O) groups is 2. The molecule has 0 unspecified atom stereocenters. The van der Waals surface area contributed by atoms with Gasteiger partial charge in [0.05, 0.1) is 19.9 Å². The van der Waals surface area contributed by atoms with Gasteiger partial charge in [-0.05, 0) is 55.9 Å². The van der Waals surface area contributed by atoms with Gasteiger partial charge in [-0.25, -0.2) is 0 Å². The summed E-state index contributed by atoms with van der Waals surface area (Å²) >= 11 is 0. The second-order valence-electron chi connectivity index (χ2n) is 9.84. The minimum Gasteiger partial charge on any atom is -0.493 e. The molecule has 7 nitrogen and oxygen atoms in total. The van der Waals surface area contributed by atoms with E-state index in [1.165, 1.54) is 5.56 Å². The molecule has 0 bridgehead atoms. The summed E-state index contributed by atoms with van der Waals surface area (Å²) in [6, 6.07) is 16.0. The van der Waals surface area contributed by atoms with Crippen molar-refractivity contribution in [3.05, 3.63) is 65.9 Å². The third-order valence-electron chi connectivity index (χ3n) is 7.87. The molecule has 0 aliphatic carbocycles. The maximum Gasteiger partial charge on any atom is 0.252 e. The third-order valence-corrected chi connectivity index (χ3v) is 7.87. The van der Waals surface area contributed by atoms with Crippen molar-refractivity contribution in [3.63, 3.8) is 0 Å². The van der Waals surface area contributed by atoms with Gasteiger partial charge in [-0.15, -0.1) is 0 Å². The van der Waals surface area contributed by atoms with E-state index in [4.69, 9.17) is 9.47 Å². The molecule has 0 spiro atoms. The zero-order valence-electron chi connectivity index (χ0n) is 22.5. The van der Waals surface area contributed by atoms with Crippen LogP contribution in [0.15, 0.2) is 54.7 Å². The fourth-order valence-corrected chi connectivity index (χ4v) is 5.39. The van der Waals surface area contributed by atoms with Crippen molar-refractivity contribution >= 4 is 17.5 Å². The van der Waals surface area contributed by atoms with Crippen LogP contribution < -0.4 is 14.8 Å². The molecule has 4 rings (SSSR count). The molecule has 1 N–H and O–H groups in total.